The molecule has 0 saturated carbocycles. The van der Waals surface area contributed by atoms with Crippen LogP contribution >= 0.6 is 0 Å². The van der Waals surface area contributed by atoms with Crippen LogP contribution in [0.4, 0.5) is 0 Å². The van der Waals surface area contributed by atoms with E-state index in [4.69, 9.17) is 0 Å². The maximum Gasteiger partial charge on any atom is 0.250 e. The second-order valence-electron chi connectivity index (χ2n) is 8.03. The van der Waals surface area contributed by atoms with Gasteiger partial charge in [-0.05, 0) is 18.4 Å². The van der Waals surface area contributed by atoms with Gasteiger partial charge in [-0.15, -0.1) is 0 Å². The Morgan fingerprint density at radius 2 is 1.81 bits per heavy atom. The van der Waals surface area contributed by atoms with E-state index in [-0.39, 0.29) is 41.9 Å². The molecule has 3 aliphatic rings. The molecule has 2 saturated heterocycles. The van der Waals surface area contributed by atoms with Crippen molar-refractivity contribution in [3.05, 3.63) is 34.2 Å². The molecule has 3 aliphatic heterocycles. The van der Waals surface area contributed by atoms with Gasteiger partial charge in [0.1, 0.15) is 5.78 Å². The van der Waals surface area contributed by atoms with Crippen molar-refractivity contribution in [2.45, 2.75) is 38.1 Å². The van der Waals surface area contributed by atoms with E-state index in [1.54, 1.807) is 17.0 Å². The van der Waals surface area contributed by atoms with Crippen LogP contribution in [0.2, 0.25) is 0 Å². The number of carbonyl (C=O) groups is 3. The number of nitrogens with zero attached hydrogens (tertiary/aromatic N) is 3. The van der Waals surface area contributed by atoms with Gasteiger partial charge in [0.05, 0.1) is 13.0 Å². The molecule has 4 heterocycles. The van der Waals surface area contributed by atoms with Gasteiger partial charge in [-0.1, -0.05) is 6.07 Å². The summed E-state index contributed by atoms with van der Waals surface area (Å²) in [4.78, 5) is 51.9. The Labute approximate surface area is 157 Å². The van der Waals surface area contributed by atoms with Crippen molar-refractivity contribution in [2.24, 2.45) is 5.92 Å². The van der Waals surface area contributed by atoms with E-state index in [1.165, 1.54) is 0 Å². The highest BCUT2D eigenvalue weighted by molar-refractivity contribution is 5.99. The molecule has 0 radical (unpaired) electrons. The minimum absolute atomic E-state index is 0.0531. The van der Waals surface area contributed by atoms with Crippen LogP contribution in [-0.2, 0) is 20.9 Å². The van der Waals surface area contributed by atoms with Gasteiger partial charge in [0.15, 0.2) is 5.78 Å². The standard InChI is InChI=1S/C20H25N3O4/c24-16-4-6-22(7-5-16)20(27)9-17(25)13-21-10-14-8-15(12-21)18-2-1-3-19(26)23(18)11-14/h1-3,14-15H,4-13H2. The van der Waals surface area contributed by atoms with Gasteiger partial charge in [-0.3, -0.25) is 24.1 Å². The average molecular weight is 371 g/mol. The van der Waals surface area contributed by atoms with Crippen LogP contribution in [0.1, 0.15) is 37.3 Å². The molecule has 0 N–H and O–H groups in total. The van der Waals surface area contributed by atoms with Gasteiger partial charge in [0.2, 0.25) is 5.91 Å². The molecule has 27 heavy (non-hydrogen) atoms. The lowest BCUT2D eigenvalue weighted by Gasteiger charge is -2.42. The Kier molecular flexibility index (Phi) is 4.95. The van der Waals surface area contributed by atoms with Crippen molar-refractivity contribution < 1.29 is 14.4 Å². The lowest BCUT2D eigenvalue weighted by atomic mass is 9.83. The van der Waals surface area contributed by atoms with E-state index in [0.717, 1.165) is 25.2 Å². The summed E-state index contributed by atoms with van der Waals surface area (Å²) in [5, 5.41) is 0. The Morgan fingerprint density at radius 3 is 2.59 bits per heavy atom. The number of Topliss-reactive ketones (excluding diaryl/α,β-unsaturated/α-hetero) is 2. The van der Waals surface area contributed by atoms with Crippen LogP contribution < -0.4 is 5.56 Å². The predicted octanol–water partition coefficient (Wildman–Crippen LogP) is 0.418. The van der Waals surface area contributed by atoms with Gasteiger partial charge >= 0.3 is 0 Å². The van der Waals surface area contributed by atoms with Crippen LogP contribution in [0.25, 0.3) is 0 Å². The minimum Gasteiger partial charge on any atom is -0.341 e. The molecular weight excluding hydrogens is 346 g/mol. The second kappa shape index (κ2) is 7.38. The fourth-order valence-corrected chi connectivity index (χ4v) is 4.72. The van der Waals surface area contributed by atoms with Gasteiger partial charge in [0.25, 0.3) is 5.56 Å². The molecule has 2 fully saturated rings. The van der Waals surface area contributed by atoms with E-state index < -0.39 is 0 Å². The van der Waals surface area contributed by atoms with Crippen LogP contribution in [0.3, 0.4) is 0 Å². The van der Waals surface area contributed by atoms with E-state index in [1.807, 2.05) is 10.6 Å². The van der Waals surface area contributed by atoms with Gasteiger partial charge < -0.3 is 9.47 Å². The average Bonchev–Trinajstić information content (AvgIpc) is 2.63. The first-order valence-electron chi connectivity index (χ1n) is 9.73. The number of hydrogen-bond donors (Lipinski definition) is 0. The summed E-state index contributed by atoms with van der Waals surface area (Å²) in [6.45, 7) is 3.39. The van der Waals surface area contributed by atoms with Crippen LogP contribution in [0, 0.1) is 5.92 Å². The highest BCUT2D eigenvalue weighted by Crippen LogP contribution is 2.34. The third kappa shape index (κ3) is 3.88. The molecule has 2 atom stereocenters. The molecule has 1 amide bonds. The van der Waals surface area contributed by atoms with Crippen molar-refractivity contribution in [3.63, 3.8) is 0 Å². The monoisotopic (exact) mass is 371 g/mol. The molecule has 4 rings (SSSR count). The summed E-state index contributed by atoms with van der Waals surface area (Å²) < 4.78 is 1.87. The molecule has 2 unspecified atom stereocenters. The van der Waals surface area contributed by atoms with Crippen molar-refractivity contribution in [1.29, 1.82) is 0 Å². The molecule has 7 heteroatoms. The van der Waals surface area contributed by atoms with Crippen LogP contribution in [0.5, 0.6) is 0 Å². The highest BCUT2D eigenvalue weighted by atomic mass is 16.2. The largest absolute Gasteiger partial charge is 0.341 e. The number of ketones is 2. The summed E-state index contributed by atoms with van der Waals surface area (Å²) in [7, 11) is 0. The molecule has 1 aromatic heterocycles. The topological polar surface area (TPSA) is 79.7 Å². The Balaban J connectivity index is 1.34. The SMILES string of the molecule is O=C1CCN(C(=O)CC(=O)CN2CC3CC(C2)c2cccc(=O)n2C3)CC1. The Bertz CT molecular complexity index is 821. The first-order chi connectivity index (χ1) is 13.0. The lowest BCUT2D eigenvalue weighted by Crippen LogP contribution is -2.48. The van der Waals surface area contributed by atoms with E-state index in [9.17, 15) is 19.2 Å². The smallest absolute Gasteiger partial charge is 0.250 e. The lowest BCUT2D eigenvalue weighted by molar-refractivity contribution is -0.137. The second-order valence-corrected chi connectivity index (χ2v) is 8.03. The molecule has 1 aromatic rings. The quantitative estimate of drug-likeness (QED) is 0.717. The number of amides is 1. The highest BCUT2D eigenvalue weighted by Gasteiger charge is 2.35. The Hall–Kier alpha value is -2.28. The number of carbonyl (C=O) groups excluding carboxylic acids is 3. The normalized spacial score (nSPS) is 25.2. The minimum atomic E-state index is -0.165. The third-order valence-corrected chi connectivity index (χ3v) is 5.98. The maximum absolute atomic E-state index is 12.4. The number of piperidine rings is 2. The summed E-state index contributed by atoms with van der Waals surface area (Å²) >= 11 is 0. The first-order valence-corrected chi connectivity index (χ1v) is 9.73. The zero-order valence-electron chi connectivity index (χ0n) is 15.4. The van der Waals surface area contributed by atoms with Crippen molar-refractivity contribution in [3.8, 4) is 0 Å². The Morgan fingerprint density at radius 1 is 1.04 bits per heavy atom. The molecule has 144 valence electrons. The van der Waals surface area contributed by atoms with Crippen LogP contribution in [0.15, 0.2) is 23.0 Å². The summed E-state index contributed by atoms with van der Waals surface area (Å²) in [6.07, 6.45) is 1.76. The third-order valence-electron chi connectivity index (χ3n) is 5.98. The van der Waals surface area contributed by atoms with E-state index in [2.05, 4.69) is 4.90 Å². The number of rotatable bonds is 4. The molecule has 7 nitrogen and oxygen atoms in total. The fraction of sp³-hybridized carbons (Fsp3) is 0.600. The number of likely N-dealkylation sites (tertiary alicyclic amines) is 2. The predicted molar refractivity (Wildman–Crippen MR) is 98.4 cm³/mol. The van der Waals surface area contributed by atoms with Gasteiger partial charge in [0, 0.05) is 63.2 Å². The number of fused-ring (bicyclic) bond motifs is 4. The molecule has 0 spiro atoms. The van der Waals surface area contributed by atoms with Crippen molar-refractivity contribution >= 4 is 17.5 Å². The summed E-state index contributed by atoms with van der Waals surface area (Å²) in [6, 6.07) is 5.42. The van der Waals surface area contributed by atoms with Gasteiger partial charge in [-0.2, -0.15) is 0 Å². The van der Waals surface area contributed by atoms with E-state index in [0.29, 0.717) is 38.4 Å². The molecular formula is C20H25N3O4. The number of pyridine rings is 1. The first kappa shape index (κ1) is 18.1. The fourth-order valence-electron chi connectivity index (χ4n) is 4.72. The number of hydrogen-bond acceptors (Lipinski definition) is 5. The maximum atomic E-state index is 12.4. The van der Waals surface area contributed by atoms with Crippen molar-refractivity contribution in [2.75, 3.05) is 32.7 Å². The summed E-state index contributed by atoms with van der Waals surface area (Å²) in [5.41, 5.74) is 1.11. The zero-order valence-corrected chi connectivity index (χ0v) is 15.4. The van der Waals surface area contributed by atoms with E-state index >= 15 is 0 Å². The van der Waals surface area contributed by atoms with Crippen molar-refractivity contribution in [1.82, 2.24) is 14.4 Å². The van der Waals surface area contributed by atoms with Gasteiger partial charge in [-0.25, -0.2) is 0 Å². The number of aromatic nitrogens is 1. The molecule has 2 bridgehead atoms. The molecule has 0 aromatic carbocycles. The molecule has 0 aliphatic carbocycles. The van der Waals surface area contributed by atoms with Crippen LogP contribution in [-0.4, -0.2) is 64.6 Å². The summed E-state index contributed by atoms with van der Waals surface area (Å²) in [5.74, 6) is 0.588. The zero-order chi connectivity index (χ0) is 19.0.